The van der Waals surface area contributed by atoms with Crippen LogP contribution in [-0.4, -0.2) is 9.97 Å². The first-order valence-corrected chi connectivity index (χ1v) is 7.93. The van der Waals surface area contributed by atoms with Gasteiger partial charge < -0.3 is 11.5 Å². The molecule has 0 aliphatic rings. The minimum absolute atomic E-state index is 0.565. The minimum atomic E-state index is 0.565. The normalized spacial score (nSPS) is 9.74. The van der Waals surface area contributed by atoms with Gasteiger partial charge in [0.1, 0.15) is 11.6 Å². The van der Waals surface area contributed by atoms with Crippen LogP contribution in [0.3, 0.4) is 0 Å². The van der Waals surface area contributed by atoms with Crippen LogP contribution in [0, 0.1) is 17.4 Å². The van der Waals surface area contributed by atoms with Crippen LogP contribution in [0.15, 0.2) is 27.4 Å². The lowest BCUT2D eigenvalue weighted by molar-refractivity contribution is 1.24. The fraction of sp³-hybridized carbons (Fsp3) is 0.167. The topological polar surface area (TPSA) is 77.8 Å². The van der Waals surface area contributed by atoms with Crippen LogP contribution in [0.1, 0.15) is 11.1 Å². The number of nitrogen functional groups attached to an aromatic ring is 2. The molecule has 2 heterocycles. The van der Waals surface area contributed by atoms with Gasteiger partial charge in [0.25, 0.3) is 0 Å². The third-order valence-electron chi connectivity index (χ3n) is 2.30. The number of nitrogens with zero attached hydrogens (tertiary/aromatic N) is 2. The van der Waals surface area contributed by atoms with Gasteiger partial charge in [0, 0.05) is 21.3 Å². The quantitative estimate of drug-likeness (QED) is 0.536. The van der Waals surface area contributed by atoms with Crippen LogP contribution in [0.4, 0.5) is 11.6 Å². The van der Waals surface area contributed by atoms with Gasteiger partial charge in [0.15, 0.2) is 0 Å². The predicted molar refractivity (Wildman–Crippen MR) is 94.9 cm³/mol. The Morgan fingerprint density at radius 1 is 1.05 bits per heavy atom. The minimum Gasteiger partial charge on any atom is -0.384 e. The van der Waals surface area contributed by atoms with Crippen molar-refractivity contribution in [2.75, 3.05) is 11.5 Å². The molecule has 0 aliphatic carbocycles. The summed E-state index contributed by atoms with van der Waals surface area (Å²) in [5.41, 5.74) is 13.2. The van der Waals surface area contributed by atoms with E-state index in [0.29, 0.717) is 11.6 Å². The lowest BCUT2D eigenvalue weighted by Gasteiger charge is -2.01. The number of anilines is 2. The molecule has 4 nitrogen and oxygen atoms in total. The molecule has 0 amide bonds. The summed E-state index contributed by atoms with van der Waals surface area (Å²) < 4.78 is 3.02. The van der Waals surface area contributed by atoms with Crippen LogP contribution in [0.25, 0.3) is 0 Å². The summed E-state index contributed by atoms with van der Waals surface area (Å²) in [5, 5.41) is 0. The van der Waals surface area contributed by atoms with Gasteiger partial charge in [0.05, 0.1) is 3.57 Å². The molecule has 7 heteroatoms. The molecule has 2 aromatic heterocycles. The van der Waals surface area contributed by atoms with Crippen LogP contribution in [0.5, 0.6) is 0 Å². The van der Waals surface area contributed by atoms with Gasteiger partial charge in [0.2, 0.25) is 0 Å². The Morgan fingerprint density at radius 2 is 1.63 bits per heavy atom. The van der Waals surface area contributed by atoms with Crippen molar-refractivity contribution >= 4 is 66.1 Å². The number of rotatable bonds is 0. The van der Waals surface area contributed by atoms with E-state index in [1.54, 1.807) is 12.4 Å². The molecule has 2 rings (SSSR count). The van der Waals surface area contributed by atoms with Gasteiger partial charge in [-0.2, -0.15) is 0 Å². The molecule has 0 aliphatic heterocycles. The highest BCUT2D eigenvalue weighted by atomic mass is 127. The van der Waals surface area contributed by atoms with Crippen molar-refractivity contribution in [3.8, 4) is 0 Å². The third-order valence-corrected chi connectivity index (χ3v) is 5.29. The summed E-state index contributed by atoms with van der Waals surface area (Å²) in [4.78, 5) is 7.83. The molecule has 2 aromatic rings. The van der Waals surface area contributed by atoms with E-state index in [2.05, 4.69) is 64.4 Å². The zero-order valence-electron chi connectivity index (χ0n) is 10.4. The standard InChI is InChI=1S/C6H6BrIN2.C6H7BrN2/c1-3-4(7)2-10-6(9)5(3)8;1-4-2-6(8)9-3-5(4)7/h2H,1H3,(H2,9,10);2-3H,1H3,(H2,8,9). The third kappa shape index (κ3) is 4.88. The van der Waals surface area contributed by atoms with E-state index in [9.17, 15) is 0 Å². The number of aryl methyl sites for hydroxylation is 1. The maximum absolute atomic E-state index is 5.55. The van der Waals surface area contributed by atoms with Crippen molar-refractivity contribution in [2.45, 2.75) is 13.8 Å². The molecule has 0 spiro atoms. The maximum atomic E-state index is 5.55. The van der Waals surface area contributed by atoms with Gasteiger partial charge in [-0.1, -0.05) is 0 Å². The van der Waals surface area contributed by atoms with Crippen LogP contribution >= 0.6 is 54.5 Å². The second-order valence-corrected chi connectivity index (χ2v) is 6.58. The fourth-order valence-electron chi connectivity index (χ4n) is 1.14. The Balaban J connectivity index is 0.000000191. The predicted octanol–water partition coefficient (Wildman–Crippen LogP) is 4.07. The molecule has 4 N–H and O–H groups in total. The second-order valence-electron chi connectivity index (χ2n) is 3.79. The summed E-state index contributed by atoms with van der Waals surface area (Å²) in [6.07, 6.45) is 3.41. The molecule has 19 heavy (non-hydrogen) atoms. The number of aromatic nitrogens is 2. The molecular formula is C12H13Br2IN4. The van der Waals surface area contributed by atoms with Gasteiger partial charge in [-0.05, 0) is 85.5 Å². The Hall–Kier alpha value is -0.410. The molecule has 0 unspecified atom stereocenters. The zero-order chi connectivity index (χ0) is 14.6. The van der Waals surface area contributed by atoms with E-state index < -0.39 is 0 Å². The Morgan fingerprint density at radius 3 is 2.11 bits per heavy atom. The highest BCUT2D eigenvalue weighted by Crippen LogP contribution is 2.23. The summed E-state index contributed by atoms with van der Waals surface area (Å²) >= 11 is 8.85. The summed E-state index contributed by atoms with van der Waals surface area (Å²) in [7, 11) is 0. The SMILES string of the molecule is Cc1c(Br)cnc(N)c1I.Cc1cc(N)ncc1Br. The lowest BCUT2D eigenvalue weighted by Crippen LogP contribution is -1.95. The molecule has 0 fully saturated rings. The van der Waals surface area contributed by atoms with Crippen molar-refractivity contribution in [3.05, 3.63) is 42.1 Å². The average molecular weight is 500 g/mol. The fourth-order valence-corrected chi connectivity index (χ4v) is 2.46. The smallest absolute Gasteiger partial charge is 0.137 e. The Kier molecular flexibility index (Phi) is 6.48. The van der Waals surface area contributed by atoms with E-state index in [0.717, 1.165) is 23.6 Å². The summed E-state index contributed by atoms with van der Waals surface area (Å²) in [6, 6.07) is 1.82. The Bertz CT molecular complexity index is 563. The average Bonchev–Trinajstić information content (AvgIpc) is 2.37. The van der Waals surface area contributed by atoms with Crippen molar-refractivity contribution in [1.29, 1.82) is 0 Å². The number of hydrogen-bond donors (Lipinski definition) is 2. The molecule has 0 saturated carbocycles. The number of nitrogens with two attached hydrogens (primary N) is 2. The first-order chi connectivity index (χ1) is 8.82. The first kappa shape index (κ1) is 16.6. The molecule has 0 bridgehead atoms. The van der Waals surface area contributed by atoms with E-state index in [1.807, 2.05) is 19.9 Å². The van der Waals surface area contributed by atoms with Crippen molar-refractivity contribution < 1.29 is 0 Å². The first-order valence-electron chi connectivity index (χ1n) is 5.26. The number of hydrogen-bond acceptors (Lipinski definition) is 4. The molecule has 102 valence electrons. The molecule has 0 saturated heterocycles. The van der Waals surface area contributed by atoms with Gasteiger partial charge in [-0.3, -0.25) is 0 Å². The largest absolute Gasteiger partial charge is 0.384 e. The van der Waals surface area contributed by atoms with Gasteiger partial charge in [-0.25, -0.2) is 9.97 Å². The highest BCUT2D eigenvalue weighted by Gasteiger charge is 2.02. The number of halogens is 3. The Labute approximate surface area is 142 Å². The lowest BCUT2D eigenvalue weighted by atomic mass is 10.3. The molecule has 0 atom stereocenters. The summed E-state index contributed by atoms with van der Waals surface area (Å²) in [5.74, 6) is 1.16. The maximum Gasteiger partial charge on any atom is 0.137 e. The van der Waals surface area contributed by atoms with Crippen LogP contribution in [-0.2, 0) is 0 Å². The van der Waals surface area contributed by atoms with E-state index in [-0.39, 0.29) is 0 Å². The van der Waals surface area contributed by atoms with Crippen LogP contribution < -0.4 is 11.5 Å². The molecule has 0 aromatic carbocycles. The zero-order valence-corrected chi connectivity index (χ0v) is 15.7. The van der Waals surface area contributed by atoms with E-state index in [4.69, 9.17) is 11.5 Å². The van der Waals surface area contributed by atoms with Crippen molar-refractivity contribution in [2.24, 2.45) is 0 Å². The van der Waals surface area contributed by atoms with Crippen molar-refractivity contribution in [3.63, 3.8) is 0 Å². The van der Waals surface area contributed by atoms with Crippen molar-refractivity contribution in [1.82, 2.24) is 9.97 Å². The van der Waals surface area contributed by atoms with Crippen LogP contribution in [0.2, 0.25) is 0 Å². The van der Waals surface area contributed by atoms with E-state index >= 15 is 0 Å². The second kappa shape index (κ2) is 7.39. The molecule has 0 radical (unpaired) electrons. The van der Waals surface area contributed by atoms with Gasteiger partial charge >= 0.3 is 0 Å². The number of pyridine rings is 2. The summed E-state index contributed by atoms with van der Waals surface area (Å²) in [6.45, 7) is 3.98. The molecular weight excluding hydrogens is 487 g/mol. The monoisotopic (exact) mass is 498 g/mol. The van der Waals surface area contributed by atoms with E-state index in [1.165, 1.54) is 0 Å². The van der Waals surface area contributed by atoms with Gasteiger partial charge in [-0.15, -0.1) is 0 Å². The highest BCUT2D eigenvalue weighted by molar-refractivity contribution is 14.1.